The van der Waals surface area contributed by atoms with E-state index in [1.54, 1.807) is 23.5 Å². The summed E-state index contributed by atoms with van der Waals surface area (Å²) in [5, 5.41) is 19.3. The Bertz CT molecular complexity index is 950. The van der Waals surface area contributed by atoms with Crippen molar-refractivity contribution in [3.8, 4) is 16.4 Å². The number of benzene rings is 1. The van der Waals surface area contributed by atoms with E-state index in [-0.39, 0.29) is 17.6 Å². The van der Waals surface area contributed by atoms with Crippen LogP contribution in [0.5, 0.6) is 5.75 Å². The van der Waals surface area contributed by atoms with Crippen molar-refractivity contribution >= 4 is 34.5 Å². The quantitative estimate of drug-likeness (QED) is 0.592. The average molecular weight is 418 g/mol. The molecular weight excluding hydrogens is 398 g/mol. The summed E-state index contributed by atoms with van der Waals surface area (Å²) in [6.45, 7) is 2.32. The topological polar surface area (TPSA) is 78.6 Å². The first kappa shape index (κ1) is 19.0. The first-order valence-electron chi connectivity index (χ1n) is 9.09. The summed E-state index contributed by atoms with van der Waals surface area (Å²) in [5.74, 6) is 0.635. The average Bonchev–Trinajstić information content (AvgIpc) is 3.37. The summed E-state index contributed by atoms with van der Waals surface area (Å²) < 4.78 is 5.43. The number of nitrogens with one attached hydrogen (secondary N) is 1. The fourth-order valence-electron chi connectivity index (χ4n) is 3.35. The van der Waals surface area contributed by atoms with E-state index in [9.17, 15) is 9.90 Å². The van der Waals surface area contributed by atoms with Crippen LogP contribution < -0.4 is 5.32 Å². The Morgan fingerprint density at radius 3 is 2.89 bits per heavy atom. The molecule has 1 fully saturated rings. The van der Waals surface area contributed by atoms with Crippen molar-refractivity contribution in [2.75, 3.05) is 18.4 Å². The Balaban J connectivity index is 1.29. The molecule has 2 N–H and O–H groups in total. The molecule has 0 unspecified atom stereocenters. The molecule has 8 heteroatoms. The number of hydrogen-bond donors (Lipinski definition) is 2. The number of aromatic hydroxyl groups is 1. The summed E-state index contributed by atoms with van der Waals surface area (Å²) >= 11 is 7.56. The van der Waals surface area contributed by atoms with Gasteiger partial charge in [0.2, 0.25) is 5.91 Å². The number of phenols is 1. The zero-order valence-electron chi connectivity index (χ0n) is 15.1. The number of hydrogen-bond acceptors (Lipinski definition) is 6. The van der Waals surface area contributed by atoms with Crippen LogP contribution in [-0.4, -0.2) is 34.2 Å². The van der Waals surface area contributed by atoms with Gasteiger partial charge in [-0.25, -0.2) is 0 Å². The molecule has 28 heavy (non-hydrogen) atoms. The van der Waals surface area contributed by atoms with Crippen molar-refractivity contribution in [1.82, 2.24) is 10.1 Å². The molecule has 1 aromatic carbocycles. The highest BCUT2D eigenvalue weighted by Gasteiger charge is 2.26. The number of amides is 1. The molecule has 1 aliphatic rings. The molecule has 146 valence electrons. The van der Waals surface area contributed by atoms with Gasteiger partial charge in [0, 0.05) is 23.6 Å². The lowest BCUT2D eigenvalue weighted by Crippen LogP contribution is -2.37. The standard InChI is InChI=1S/C20H20ClN3O3S/c21-14-3-4-17(25)16(10-14)22-20(26)13-5-7-24(8-6-13)12-15-11-18(27-23-15)19-2-1-9-28-19/h1-4,9-11,13,25H,5-8,12H2,(H,22,26). The van der Waals surface area contributed by atoms with Gasteiger partial charge >= 0.3 is 0 Å². The van der Waals surface area contributed by atoms with Gasteiger partial charge in [-0.2, -0.15) is 0 Å². The van der Waals surface area contributed by atoms with Gasteiger partial charge in [0.25, 0.3) is 0 Å². The monoisotopic (exact) mass is 417 g/mol. The normalized spacial score (nSPS) is 15.6. The summed E-state index contributed by atoms with van der Waals surface area (Å²) in [6, 6.07) is 10.6. The predicted octanol–water partition coefficient (Wildman–Crippen LogP) is 4.61. The molecule has 1 saturated heterocycles. The first-order chi connectivity index (χ1) is 13.6. The van der Waals surface area contributed by atoms with Crippen LogP contribution in [0.2, 0.25) is 5.02 Å². The second-order valence-corrected chi connectivity index (χ2v) is 8.25. The molecule has 3 heterocycles. The summed E-state index contributed by atoms with van der Waals surface area (Å²) in [7, 11) is 0. The van der Waals surface area contributed by atoms with Crippen molar-refractivity contribution in [3.63, 3.8) is 0 Å². The van der Waals surface area contributed by atoms with Crippen LogP contribution in [0.1, 0.15) is 18.5 Å². The molecule has 0 spiro atoms. The Morgan fingerprint density at radius 2 is 2.14 bits per heavy atom. The number of piperidine rings is 1. The molecule has 0 atom stereocenters. The van der Waals surface area contributed by atoms with Gasteiger partial charge in [-0.15, -0.1) is 11.3 Å². The number of anilines is 1. The minimum atomic E-state index is -0.0892. The van der Waals surface area contributed by atoms with E-state index in [4.69, 9.17) is 16.1 Å². The highest BCUT2D eigenvalue weighted by molar-refractivity contribution is 7.13. The minimum absolute atomic E-state index is 0.0164. The largest absolute Gasteiger partial charge is 0.506 e. The fourth-order valence-corrected chi connectivity index (χ4v) is 4.19. The van der Waals surface area contributed by atoms with Crippen LogP contribution in [0.15, 0.2) is 46.3 Å². The van der Waals surface area contributed by atoms with Crippen molar-refractivity contribution in [3.05, 3.63) is 52.5 Å². The Morgan fingerprint density at radius 1 is 1.32 bits per heavy atom. The van der Waals surface area contributed by atoms with Gasteiger partial charge in [-0.05, 0) is 55.6 Å². The molecule has 0 aliphatic carbocycles. The molecular formula is C20H20ClN3O3S. The van der Waals surface area contributed by atoms with Crippen LogP contribution in [0.3, 0.4) is 0 Å². The molecule has 0 saturated carbocycles. The molecule has 3 aromatic rings. The van der Waals surface area contributed by atoms with E-state index in [1.807, 2.05) is 23.6 Å². The smallest absolute Gasteiger partial charge is 0.227 e. The maximum atomic E-state index is 12.5. The maximum absolute atomic E-state index is 12.5. The van der Waals surface area contributed by atoms with Gasteiger partial charge in [-0.3, -0.25) is 9.69 Å². The lowest BCUT2D eigenvalue weighted by atomic mass is 9.95. The number of likely N-dealkylation sites (tertiary alicyclic amines) is 1. The second-order valence-electron chi connectivity index (χ2n) is 6.86. The number of carbonyl (C=O) groups excluding carboxylic acids is 1. The summed E-state index contributed by atoms with van der Waals surface area (Å²) in [6.07, 6.45) is 1.51. The van der Waals surface area contributed by atoms with Crippen LogP contribution >= 0.6 is 22.9 Å². The molecule has 0 bridgehead atoms. The Hall–Kier alpha value is -2.35. The van der Waals surface area contributed by atoms with Gasteiger partial charge in [0.1, 0.15) is 5.75 Å². The number of rotatable bonds is 5. The number of thiophene rings is 1. The van der Waals surface area contributed by atoms with Crippen molar-refractivity contribution in [1.29, 1.82) is 0 Å². The van der Waals surface area contributed by atoms with Gasteiger partial charge in [0.15, 0.2) is 5.76 Å². The van der Waals surface area contributed by atoms with Crippen LogP contribution in [0.25, 0.3) is 10.6 Å². The predicted molar refractivity (Wildman–Crippen MR) is 110 cm³/mol. The van der Waals surface area contributed by atoms with Crippen molar-refractivity contribution in [2.45, 2.75) is 19.4 Å². The van der Waals surface area contributed by atoms with Crippen molar-refractivity contribution in [2.24, 2.45) is 5.92 Å². The third kappa shape index (κ3) is 4.38. The molecule has 4 rings (SSSR count). The highest BCUT2D eigenvalue weighted by atomic mass is 35.5. The SMILES string of the molecule is O=C(Nc1cc(Cl)ccc1O)C1CCN(Cc2cc(-c3cccs3)on2)CC1. The number of halogens is 1. The summed E-state index contributed by atoms with van der Waals surface area (Å²) in [5.41, 5.74) is 1.25. The van der Waals surface area contributed by atoms with Gasteiger partial charge in [0.05, 0.1) is 16.3 Å². The van der Waals surface area contributed by atoms with Gasteiger partial charge in [-0.1, -0.05) is 22.8 Å². The zero-order chi connectivity index (χ0) is 19.5. The van der Waals surface area contributed by atoms with Crippen LogP contribution in [0, 0.1) is 5.92 Å². The number of aromatic nitrogens is 1. The second kappa shape index (κ2) is 8.34. The van der Waals surface area contributed by atoms with Crippen molar-refractivity contribution < 1.29 is 14.4 Å². The molecule has 0 radical (unpaired) electrons. The molecule has 6 nitrogen and oxygen atoms in total. The maximum Gasteiger partial charge on any atom is 0.227 e. The molecule has 1 aliphatic heterocycles. The van der Waals surface area contributed by atoms with Crippen LogP contribution in [0.4, 0.5) is 5.69 Å². The number of carbonyl (C=O) groups is 1. The summed E-state index contributed by atoms with van der Waals surface area (Å²) in [4.78, 5) is 15.9. The van der Waals surface area contributed by atoms with E-state index in [1.165, 1.54) is 6.07 Å². The van der Waals surface area contributed by atoms with E-state index >= 15 is 0 Å². The fraction of sp³-hybridized carbons (Fsp3) is 0.300. The highest BCUT2D eigenvalue weighted by Crippen LogP contribution is 2.29. The van der Waals surface area contributed by atoms with Crippen LogP contribution in [-0.2, 0) is 11.3 Å². The third-order valence-electron chi connectivity index (χ3n) is 4.88. The van der Waals surface area contributed by atoms with E-state index in [0.717, 1.165) is 42.3 Å². The van der Waals surface area contributed by atoms with E-state index in [2.05, 4.69) is 15.4 Å². The lowest BCUT2D eigenvalue weighted by Gasteiger charge is -2.30. The zero-order valence-corrected chi connectivity index (χ0v) is 16.7. The lowest BCUT2D eigenvalue weighted by molar-refractivity contribution is -0.121. The third-order valence-corrected chi connectivity index (χ3v) is 6.00. The number of nitrogens with zero attached hydrogens (tertiary/aromatic N) is 2. The molecule has 1 amide bonds. The Labute approximate surface area is 171 Å². The minimum Gasteiger partial charge on any atom is -0.506 e. The van der Waals surface area contributed by atoms with E-state index < -0.39 is 0 Å². The van der Waals surface area contributed by atoms with Gasteiger partial charge < -0.3 is 14.9 Å². The molecule has 2 aromatic heterocycles. The number of phenolic OH excluding ortho intramolecular Hbond substituents is 1. The first-order valence-corrected chi connectivity index (χ1v) is 10.4. The van der Waals surface area contributed by atoms with E-state index in [0.29, 0.717) is 17.3 Å². The Kier molecular flexibility index (Phi) is 5.66.